The lowest BCUT2D eigenvalue weighted by Crippen LogP contribution is -2.41. The first-order valence-electron chi connectivity index (χ1n) is 6.61. The molecular weight excluding hydrogens is 214 g/mol. The van der Waals surface area contributed by atoms with Gasteiger partial charge in [-0.1, -0.05) is 13.3 Å². The fourth-order valence-corrected chi connectivity index (χ4v) is 2.58. The van der Waals surface area contributed by atoms with Gasteiger partial charge in [0.1, 0.15) is 0 Å². The predicted octanol–water partition coefficient (Wildman–Crippen LogP) is 1.33. The molecule has 1 N–H and O–H groups in total. The summed E-state index contributed by atoms with van der Waals surface area (Å²) in [5, 5.41) is 13.9. The van der Waals surface area contributed by atoms with Crippen molar-refractivity contribution in [3.05, 3.63) is 17.5 Å². The SMILES string of the molecule is CCc1cc(CN2CCCCC2CO)n(C)n1. The molecule has 1 saturated heterocycles. The van der Waals surface area contributed by atoms with Crippen LogP contribution in [-0.2, 0) is 20.0 Å². The second kappa shape index (κ2) is 5.65. The third kappa shape index (κ3) is 2.87. The minimum Gasteiger partial charge on any atom is -0.395 e. The zero-order chi connectivity index (χ0) is 12.3. The third-order valence-corrected chi connectivity index (χ3v) is 3.71. The molecule has 17 heavy (non-hydrogen) atoms. The van der Waals surface area contributed by atoms with Crippen molar-refractivity contribution in [1.82, 2.24) is 14.7 Å². The molecule has 0 amide bonds. The molecule has 0 spiro atoms. The van der Waals surface area contributed by atoms with E-state index in [9.17, 15) is 5.11 Å². The number of aliphatic hydroxyl groups excluding tert-OH is 1. The molecule has 1 aromatic heterocycles. The molecule has 1 aliphatic heterocycles. The van der Waals surface area contributed by atoms with Gasteiger partial charge in [0, 0.05) is 19.6 Å². The van der Waals surface area contributed by atoms with Gasteiger partial charge >= 0.3 is 0 Å². The molecule has 0 bridgehead atoms. The number of hydrogen-bond acceptors (Lipinski definition) is 3. The van der Waals surface area contributed by atoms with Gasteiger partial charge in [0.15, 0.2) is 0 Å². The summed E-state index contributed by atoms with van der Waals surface area (Å²) >= 11 is 0. The highest BCUT2D eigenvalue weighted by atomic mass is 16.3. The molecule has 1 aromatic rings. The summed E-state index contributed by atoms with van der Waals surface area (Å²) < 4.78 is 1.97. The standard InChI is InChI=1S/C13H23N3O/c1-3-11-8-13(15(2)14-11)9-16-7-5-4-6-12(16)10-17/h8,12,17H,3-7,9-10H2,1-2H3. The Balaban J connectivity index is 2.05. The van der Waals surface area contributed by atoms with Crippen molar-refractivity contribution < 1.29 is 5.11 Å². The van der Waals surface area contributed by atoms with E-state index in [4.69, 9.17) is 0 Å². The highest BCUT2D eigenvalue weighted by Crippen LogP contribution is 2.19. The number of aryl methyl sites for hydroxylation is 2. The highest BCUT2D eigenvalue weighted by Gasteiger charge is 2.22. The van der Waals surface area contributed by atoms with Crippen molar-refractivity contribution in [3.8, 4) is 0 Å². The minimum atomic E-state index is 0.276. The van der Waals surface area contributed by atoms with E-state index in [1.54, 1.807) is 0 Å². The monoisotopic (exact) mass is 237 g/mol. The maximum absolute atomic E-state index is 9.40. The summed E-state index contributed by atoms with van der Waals surface area (Å²) in [6, 6.07) is 2.52. The highest BCUT2D eigenvalue weighted by molar-refractivity contribution is 5.10. The molecule has 4 nitrogen and oxygen atoms in total. The lowest BCUT2D eigenvalue weighted by Gasteiger charge is -2.34. The first-order valence-corrected chi connectivity index (χ1v) is 6.61. The topological polar surface area (TPSA) is 41.3 Å². The van der Waals surface area contributed by atoms with Gasteiger partial charge in [-0.15, -0.1) is 0 Å². The molecule has 1 unspecified atom stereocenters. The lowest BCUT2D eigenvalue weighted by atomic mass is 10.0. The Morgan fingerprint density at radius 1 is 1.47 bits per heavy atom. The Morgan fingerprint density at radius 3 is 2.94 bits per heavy atom. The third-order valence-electron chi connectivity index (χ3n) is 3.71. The number of aliphatic hydroxyl groups is 1. The molecule has 4 heteroatoms. The number of hydrogen-bond donors (Lipinski definition) is 1. The summed E-state index contributed by atoms with van der Waals surface area (Å²) in [4.78, 5) is 2.39. The van der Waals surface area contributed by atoms with E-state index >= 15 is 0 Å². The molecular formula is C13H23N3O. The van der Waals surface area contributed by atoms with Gasteiger partial charge in [0.25, 0.3) is 0 Å². The normalized spacial score (nSPS) is 21.9. The zero-order valence-corrected chi connectivity index (χ0v) is 10.9. The summed E-state index contributed by atoms with van der Waals surface area (Å²) in [5.41, 5.74) is 2.40. The summed E-state index contributed by atoms with van der Waals surface area (Å²) in [5.74, 6) is 0. The Hall–Kier alpha value is -0.870. The average molecular weight is 237 g/mol. The summed E-state index contributed by atoms with van der Waals surface area (Å²) in [7, 11) is 2.01. The van der Waals surface area contributed by atoms with E-state index in [0.29, 0.717) is 6.04 Å². The van der Waals surface area contributed by atoms with Crippen LogP contribution in [0.15, 0.2) is 6.07 Å². The molecule has 0 aromatic carbocycles. The van der Waals surface area contributed by atoms with Gasteiger partial charge in [-0.25, -0.2) is 0 Å². The van der Waals surface area contributed by atoms with Crippen LogP contribution in [0.1, 0.15) is 37.6 Å². The molecule has 1 atom stereocenters. The average Bonchev–Trinajstić information content (AvgIpc) is 2.71. The smallest absolute Gasteiger partial charge is 0.0625 e. The quantitative estimate of drug-likeness (QED) is 0.859. The van der Waals surface area contributed by atoms with Crippen molar-refractivity contribution in [2.45, 2.75) is 45.2 Å². The van der Waals surface area contributed by atoms with Gasteiger partial charge in [-0.3, -0.25) is 9.58 Å². The van der Waals surface area contributed by atoms with Crippen LogP contribution in [0, 0.1) is 0 Å². The molecule has 0 radical (unpaired) electrons. The molecule has 2 rings (SSSR count). The second-order valence-corrected chi connectivity index (χ2v) is 4.91. The lowest BCUT2D eigenvalue weighted by molar-refractivity contribution is 0.0821. The van der Waals surface area contributed by atoms with Crippen molar-refractivity contribution in [1.29, 1.82) is 0 Å². The Morgan fingerprint density at radius 2 is 2.29 bits per heavy atom. The van der Waals surface area contributed by atoms with Crippen LogP contribution in [-0.4, -0.2) is 39.0 Å². The molecule has 96 valence electrons. The largest absolute Gasteiger partial charge is 0.395 e. The minimum absolute atomic E-state index is 0.276. The zero-order valence-electron chi connectivity index (χ0n) is 10.9. The first kappa shape index (κ1) is 12.6. The number of rotatable bonds is 4. The van der Waals surface area contributed by atoms with E-state index in [1.807, 2.05) is 11.7 Å². The van der Waals surface area contributed by atoms with Crippen LogP contribution in [0.25, 0.3) is 0 Å². The van der Waals surface area contributed by atoms with Gasteiger partial charge < -0.3 is 5.11 Å². The Labute approximate surface area is 103 Å². The number of piperidine rings is 1. The van der Waals surface area contributed by atoms with E-state index in [1.165, 1.54) is 18.5 Å². The summed E-state index contributed by atoms with van der Waals surface area (Å²) in [6.45, 7) is 4.41. The van der Waals surface area contributed by atoms with E-state index < -0.39 is 0 Å². The Kier molecular flexibility index (Phi) is 4.18. The van der Waals surface area contributed by atoms with E-state index in [-0.39, 0.29) is 6.61 Å². The van der Waals surface area contributed by atoms with Gasteiger partial charge in [0.2, 0.25) is 0 Å². The number of aromatic nitrogens is 2. The summed E-state index contributed by atoms with van der Waals surface area (Å²) in [6.07, 6.45) is 4.59. The maximum Gasteiger partial charge on any atom is 0.0625 e. The number of likely N-dealkylation sites (tertiary alicyclic amines) is 1. The predicted molar refractivity (Wildman–Crippen MR) is 67.7 cm³/mol. The fraction of sp³-hybridized carbons (Fsp3) is 0.769. The first-order chi connectivity index (χ1) is 8.24. The van der Waals surface area contributed by atoms with Crippen LogP contribution < -0.4 is 0 Å². The second-order valence-electron chi connectivity index (χ2n) is 4.91. The van der Waals surface area contributed by atoms with Crippen molar-refractivity contribution >= 4 is 0 Å². The van der Waals surface area contributed by atoms with E-state index in [2.05, 4.69) is 23.0 Å². The fourth-order valence-electron chi connectivity index (χ4n) is 2.58. The number of nitrogens with zero attached hydrogens (tertiary/aromatic N) is 3. The van der Waals surface area contributed by atoms with Crippen molar-refractivity contribution in [2.75, 3.05) is 13.2 Å². The molecule has 1 fully saturated rings. The van der Waals surface area contributed by atoms with Crippen LogP contribution in [0.3, 0.4) is 0 Å². The molecule has 0 saturated carbocycles. The van der Waals surface area contributed by atoms with Gasteiger partial charge in [-0.05, 0) is 31.9 Å². The van der Waals surface area contributed by atoms with Crippen LogP contribution >= 0.6 is 0 Å². The van der Waals surface area contributed by atoms with Crippen molar-refractivity contribution in [3.63, 3.8) is 0 Å². The maximum atomic E-state index is 9.40. The van der Waals surface area contributed by atoms with Crippen LogP contribution in [0.5, 0.6) is 0 Å². The molecule has 0 aliphatic carbocycles. The Bertz CT molecular complexity index is 362. The van der Waals surface area contributed by atoms with Crippen molar-refractivity contribution in [2.24, 2.45) is 7.05 Å². The van der Waals surface area contributed by atoms with Crippen LogP contribution in [0.2, 0.25) is 0 Å². The van der Waals surface area contributed by atoms with E-state index in [0.717, 1.165) is 31.6 Å². The van der Waals surface area contributed by atoms with Gasteiger partial charge in [0.05, 0.1) is 18.0 Å². The van der Waals surface area contributed by atoms with Crippen LogP contribution in [0.4, 0.5) is 0 Å². The molecule has 2 heterocycles. The van der Waals surface area contributed by atoms with Gasteiger partial charge in [-0.2, -0.15) is 5.10 Å². The molecule has 1 aliphatic rings.